The zero-order chi connectivity index (χ0) is 24.0. The van der Waals surface area contributed by atoms with E-state index in [1.807, 2.05) is 31.2 Å². The summed E-state index contributed by atoms with van der Waals surface area (Å²) in [6.45, 7) is 6.76. The number of carbonyl (C=O) groups excluding carboxylic acids is 3. The van der Waals surface area contributed by atoms with Gasteiger partial charge in [0, 0.05) is 19.1 Å². The third-order valence-corrected chi connectivity index (χ3v) is 5.83. The van der Waals surface area contributed by atoms with E-state index in [4.69, 9.17) is 21.1 Å². The summed E-state index contributed by atoms with van der Waals surface area (Å²) in [5, 5.41) is 7.36. The van der Waals surface area contributed by atoms with Crippen LogP contribution in [0.2, 0.25) is 5.15 Å². The number of benzene rings is 1. The van der Waals surface area contributed by atoms with Gasteiger partial charge in [-0.3, -0.25) is 4.79 Å². The van der Waals surface area contributed by atoms with E-state index in [9.17, 15) is 14.4 Å². The smallest absolute Gasteiger partial charge is 0.409 e. The predicted molar refractivity (Wildman–Crippen MR) is 122 cm³/mol. The number of likely N-dealkylation sites (tertiary alicyclic amines) is 1. The Morgan fingerprint density at radius 1 is 1.12 bits per heavy atom. The van der Waals surface area contributed by atoms with Crippen LogP contribution in [0, 0.1) is 13.8 Å². The molecule has 0 aliphatic carbocycles. The van der Waals surface area contributed by atoms with Crippen molar-refractivity contribution in [3.63, 3.8) is 0 Å². The minimum absolute atomic E-state index is 0.0931. The molecule has 1 fully saturated rings. The van der Waals surface area contributed by atoms with Gasteiger partial charge in [-0.05, 0) is 39.2 Å². The largest absolute Gasteiger partial charge is 0.452 e. The Bertz CT molecular complexity index is 997. The van der Waals surface area contributed by atoms with Crippen LogP contribution in [-0.4, -0.2) is 65.0 Å². The maximum atomic E-state index is 12.6. The van der Waals surface area contributed by atoms with Crippen LogP contribution in [0.1, 0.15) is 46.9 Å². The Labute approximate surface area is 198 Å². The minimum Gasteiger partial charge on any atom is -0.452 e. The van der Waals surface area contributed by atoms with Gasteiger partial charge in [-0.25, -0.2) is 14.3 Å². The summed E-state index contributed by atoms with van der Waals surface area (Å²) in [5.74, 6) is -1.10. The second-order valence-electron chi connectivity index (χ2n) is 8.00. The van der Waals surface area contributed by atoms with Crippen molar-refractivity contribution < 1.29 is 23.9 Å². The highest BCUT2D eigenvalue weighted by Gasteiger charge is 2.26. The van der Waals surface area contributed by atoms with Gasteiger partial charge < -0.3 is 19.7 Å². The third kappa shape index (κ3) is 6.47. The van der Waals surface area contributed by atoms with Crippen LogP contribution >= 0.6 is 11.6 Å². The molecule has 1 N–H and O–H groups in total. The molecule has 0 atom stereocenters. The van der Waals surface area contributed by atoms with Crippen LogP contribution in [0.4, 0.5) is 4.79 Å². The van der Waals surface area contributed by atoms with Crippen LogP contribution in [0.25, 0.3) is 0 Å². The van der Waals surface area contributed by atoms with Crippen molar-refractivity contribution in [2.45, 2.75) is 46.2 Å². The molecule has 0 unspecified atom stereocenters. The number of hydrogen-bond donors (Lipinski definition) is 1. The molecule has 0 saturated carbocycles. The average molecular weight is 477 g/mol. The summed E-state index contributed by atoms with van der Waals surface area (Å²) in [7, 11) is 0. The van der Waals surface area contributed by atoms with E-state index in [-0.39, 0.29) is 22.9 Å². The molecule has 178 valence electrons. The van der Waals surface area contributed by atoms with Crippen LogP contribution < -0.4 is 5.32 Å². The fraction of sp³-hybridized carbons (Fsp3) is 0.478. The Morgan fingerprint density at radius 2 is 1.79 bits per heavy atom. The Morgan fingerprint density at radius 3 is 2.42 bits per heavy atom. The summed E-state index contributed by atoms with van der Waals surface area (Å²) in [6, 6.07) is 7.84. The first kappa shape index (κ1) is 24.6. The number of rotatable bonds is 7. The van der Waals surface area contributed by atoms with Gasteiger partial charge in [-0.2, -0.15) is 5.10 Å². The molecule has 0 spiro atoms. The minimum atomic E-state index is -0.695. The average Bonchev–Trinajstić information content (AvgIpc) is 3.07. The lowest BCUT2D eigenvalue weighted by Gasteiger charge is -2.31. The molecular weight excluding hydrogens is 448 g/mol. The van der Waals surface area contributed by atoms with E-state index in [0.29, 0.717) is 44.8 Å². The molecule has 1 aromatic heterocycles. The maximum Gasteiger partial charge on any atom is 0.409 e. The van der Waals surface area contributed by atoms with Gasteiger partial charge in [0.15, 0.2) is 6.61 Å². The summed E-state index contributed by atoms with van der Waals surface area (Å²) in [4.78, 5) is 38.2. The van der Waals surface area contributed by atoms with Gasteiger partial charge in [0.05, 0.1) is 18.8 Å². The second kappa shape index (κ2) is 11.2. The van der Waals surface area contributed by atoms with Crippen LogP contribution in [0.5, 0.6) is 0 Å². The molecule has 1 aromatic carbocycles. The normalized spacial score (nSPS) is 14.1. The molecular formula is C23H29ClN4O5. The Balaban J connectivity index is 1.49. The molecule has 1 saturated heterocycles. The Hall–Kier alpha value is -3.07. The first-order valence-corrected chi connectivity index (χ1v) is 11.3. The monoisotopic (exact) mass is 476 g/mol. The third-order valence-electron chi connectivity index (χ3n) is 5.44. The van der Waals surface area contributed by atoms with Crippen molar-refractivity contribution in [2.75, 3.05) is 26.3 Å². The highest BCUT2D eigenvalue weighted by molar-refractivity contribution is 6.32. The summed E-state index contributed by atoms with van der Waals surface area (Å²) >= 11 is 6.39. The van der Waals surface area contributed by atoms with Crippen molar-refractivity contribution in [1.82, 2.24) is 20.0 Å². The number of hydrogen-bond acceptors (Lipinski definition) is 6. The number of halogens is 1. The molecule has 2 aromatic rings. The number of ether oxygens (including phenoxy) is 2. The van der Waals surface area contributed by atoms with Crippen molar-refractivity contribution >= 4 is 29.6 Å². The van der Waals surface area contributed by atoms with Crippen molar-refractivity contribution in [3.05, 3.63) is 51.8 Å². The van der Waals surface area contributed by atoms with E-state index in [2.05, 4.69) is 10.4 Å². The van der Waals surface area contributed by atoms with Crippen LogP contribution in [0.3, 0.4) is 0 Å². The predicted octanol–water partition coefficient (Wildman–Crippen LogP) is 3.10. The number of piperidine rings is 1. The second-order valence-corrected chi connectivity index (χ2v) is 8.36. The van der Waals surface area contributed by atoms with Gasteiger partial charge in [-0.15, -0.1) is 0 Å². The Kier molecular flexibility index (Phi) is 8.32. The lowest BCUT2D eigenvalue weighted by Crippen LogP contribution is -2.47. The molecule has 2 amide bonds. The molecule has 2 heterocycles. The van der Waals surface area contributed by atoms with E-state index >= 15 is 0 Å². The van der Waals surface area contributed by atoms with E-state index in [1.54, 1.807) is 18.7 Å². The number of carbonyl (C=O) groups is 3. The lowest BCUT2D eigenvalue weighted by molar-refractivity contribution is -0.125. The number of nitrogens with zero attached hydrogens (tertiary/aromatic N) is 3. The molecule has 1 aliphatic rings. The topological polar surface area (TPSA) is 103 Å². The van der Waals surface area contributed by atoms with E-state index in [1.165, 1.54) is 4.68 Å². The maximum absolute atomic E-state index is 12.6. The molecule has 0 bridgehead atoms. The number of aromatic nitrogens is 2. The lowest BCUT2D eigenvalue weighted by atomic mass is 10.1. The van der Waals surface area contributed by atoms with E-state index < -0.39 is 18.5 Å². The quantitative estimate of drug-likeness (QED) is 0.616. The van der Waals surface area contributed by atoms with Gasteiger partial charge in [0.1, 0.15) is 10.7 Å². The van der Waals surface area contributed by atoms with E-state index in [0.717, 1.165) is 11.1 Å². The van der Waals surface area contributed by atoms with Crippen LogP contribution in [0.15, 0.2) is 24.3 Å². The van der Waals surface area contributed by atoms with Crippen molar-refractivity contribution in [3.8, 4) is 0 Å². The first-order chi connectivity index (χ1) is 15.8. The number of esters is 1. The van der Waals surface area contributed by atoms with Crippen molar-refractivity contribution in [1.29, 1.82) is 0 Å². The standard InChI is InChI=1S/C23H29ClN4O5/c1-4-32-23(31)27-11-9-18(10-12-27)25-19(29)14-33-22(30)20-16(3)26-28(21(20)24)13-17-7-5-15(2)6-8-17/h5-8,18H,4,9-14H2,1-3H3,(H,25,29). The summed E-state index contributed by atoms with van der Waals surface area (Å²) in [6.07, 6.45) is 0.871. The fourth-order valence-electron chi connectivity index (χ4n) is 3.65. The highest BCUT2D eigenvalue weighted by atomic mass is 35.5. The molecule has 0 radical (unpaired) electrons. The molecule has 9 nitrogen and oxygen atoms in total. The number of amides is 2. The van der Waals surface area contributed by atoms with Crippen LogP contribution in [-0.2, 0) is 20.8 Å². The summed E-state index contributed by atoms with van der Waals surface area (Å²) < 4.78 is 11.7. The fourth-order valence-corrected chi connectivity index (χ4v) is 3.96. The van der Waals surface area contributed by atoms with Crippen molar-refractivity contribution in [2.24, 2.45) is 0 Å². The van der Waals surface area contributed by atoms with Gasteiger partial charge in [0.25, 0.3) is 5.91 Å². The molecule has 1 aliphatic heterocycles. The highest BCUT2D eigenvalue weighted by Crippen LogP contribution is 2.22. The van der Waals surface area contributed by atoms with Gasteiger partial charge in [-0.1, -0.05) is 41.4 Å². The van der Waals surface area contributed by atoms with Gasteiger partial charge >= 0.3 is 12.1 Å². The number of aryl methyl sites for hydroxylation is 2. The zero-order valence-corrected chi connectivity index (χ0v) is 19.9. The molecule has 33 heavy (non-hydrogen) atoms. The zero-order valence-electron chi connectivity index (χ0n) is 19.1. The molecule has 10 heteroatoms. The summed E-state index contributed by atoms with van der Waals surface area (Å²) in [5.41, 5.74) is 2.73. The first-order valence-electron chi connectivity index (χ1n) is 10.9. The number of nitrogens with one attached hydrogen (secondary N) is 1. The molecule has 3 rings (SSSR count). The van der Waals surface area contributed by atoms with Gasteiger partial charge in [0.2, 0.25) is 0 Å². The SMILES string of the molecule is CCOC(=O)N1CCC(NC(=O)COC(=O)c2c(C)nn(Cc3ccc(C)cc3)c2Cl)CC1.